The molecule has 3 heteroatoms. The van der Waals surface area contributed by atoms with Gasteiger partial charge in [0.15, 0.2) is 0 Å². The summed E-state index contributed by atoms with van der Waals surface area (Å²) in [6.45, 7) is 3.71. The zero-order chi connectivity index (χ0) is 18.8. The molecule has 0 fully saturated rings. The van der Waals surface area contributed by atoms with Crippen LogP contribution in [0.15, 0.2) is 83.9 Å². The number of para-hydroxylation sites is 2. The molecule has 0 unspecified atom stereocenters. The molecule has 0 saturated carbocycles. The van der Waals surface area contributed by atoms with Crippen LogP contribution in [0, 0.1) is 6.92 Å². The van der Waals surface area contributed by atoms with Crippen molar-refractivity contribution in [2.45, 2.75) is 26.3 Å². The van der Waals surface area contributed by atoms with Crippen molar-refractivity contribution in [3.63, 3.8) is 0 Å². The first-order chi connectivity index (χ1) is 13.1. The van der Waals surface area contributed by atoms with E-state index in [0.29, 0.717) is 6.42 Å². The molecule has 0 aromatic heterocycles. The molecule has 0 bridgehead atoms. The van der Waals surface area contributed by atoms with Gasteiger partial charge in [0, 0.05) is 13.3 Å². The Labute approximate surface area is 160 Å². The normalized spacial score (nSPS) is 16.3. The second-order valence-electron chi connectivity index (χ2n) is 6.93. The molecule has 1 aliphatic rings. The third-order valence-corrected chi connectivity index (χ3v) is 5.00. The number of aliphatic imine (C=N–C) groups is 1. The molecule has 1 amide bonds. The molecule has 27 heavy (non-hydrogen) atoms. The molecule has 4 rings (SSSR count). The van der Waals surface area contributed by atoms with E-state index in [9.17, 15) is 4.79 Å². The fraction of sp³-hybridized carbons (Fsp3) is 0.167. The van der Waals surface area contributed by atoms with Crippen molar-refractivity contribution in [1.29, 1.82) is 0 Å². The Kier molecular flexibility index (Phi) is 4.59. The van der Waals surface area contributed by atoms with Gasteiger partial charge in [-0.25, -0.2) is 0 Å². The summed E-state index contributed by atoms with van der Waals surface area (Å²) >= 11 is 0. The van der Waals surface area contributed by atoms with Gasteiger partial charge >= 0.3 is 0 Å². The maximum atomic E-state index is 12.7. The van der Waals surface area contributed by atoms with E-state index in [4.69, 9.17) is 4.99 Å². The zero-order valence-electron chi connectivity index (χ0n) is 15.6. The predicted molar refractivity (Wildman–Crippen MR) is 111 cm³/mol. The second-order valence-corrected chi connectivity index (χ2v) is 6.93. The Balaban J connectivity index is 1.90. The minimum atomic E-state index is -0.0904. The lowest BCUT2D eigenvalue weighted by Crippen LogP contribution is -2.33. The van der Waals surface area contributed by atoms with Gasteiger partial charge in [0.2, 0.25) is 5.91 Å². The van der Waals surface area contributed by atoms with E-state index in [-0.39, 0.29) is 11.9 Å². The number of benzene rings is 3. The van der Waals surface area contributed by atoms with Gasteiger partial charge in [0.25, 0.3) is 0 Å². The molecule has 0 N–H and O–H groups in total. The summed E-state index contributed by atoms with van der Waals surface area (Å²) in [5, 5.41) is 0. The van der Waals surface area contributed by atoms with Crippen molar-refractivity contribution in [2.24, 2.45) is 4.99 Å². The predicted octanol–water partition coefficient (Wildman–Crippen LogP) is 5.61. The molecule has 3 aromatic carbocycles. The van der Waals surface area contributed by atoms with Crippen molar-refractivity contribution in [3.8, 4) is 0 Å². The van der Waals surface area contributed by atoms with Gasteiger partial charge in [-0.15, -0.1) is 0 Å². The monoisotopic (exact) mass is 354 g/mol. The van der Waals surface area contributed by atoms with Gasteiger partial charge in [0.1, 0.15) is 0 Å². The summed E-state index contributed by atoms with van der Waals surface area (Å²) in [6.07, 6.45) is 0.668. The molecule has 3 aromatic rings. The smallest absolute Gasteiger partial charge is 0.224 e. The zero-order valence-corrected chi connectivity index (χ0v) is 15.6. The molecule has 1 atom stereocenters. The number of carbonyl (C=O) groups is 1. The summed E-state index contributed by atoms with van der Waals surface area (Å²) in [5.41, 5.74) is 6.13. The Bertz CT molecular complexity index is 990. The lowest BCUT2D eigenvalue weighted by Gasteiger charge is -2.30. The number of hydrogen-bond acceptors (Lipinski definition) is 2. The van der Waals surface area contributed by atoms with Crippen molar-refractivity contribution >= 4 is 23.0 Å². The largest absolute Gasteiger partial charge is 0.303 e. The molecule has 134 valence electrons. The first kappa shape index (κ1) is 17.2. The van der Waals surface area contributed by atoms with E-state index < -0.39 is 0 Å². The number of anilines is 1. The first-order valence-electron chi connectivity index (χ1n) is 9.22. The number of carbonyl (C=O) groups excluding carboxylic acids is 1. The highest BCUT2D eigenvalue weighted by Gasteiger charge is 2.30. The van der Waals surface area contributed by atoms with Crippen LogP contribution >= 0.6 is 0 Å². The highest BCUT2D eigenvalue weighted by Crippen LogP contribution is 2.40. The third-order valence-electron chi connectivity index (χ3n) is 5.00. The maximum Gasteiger partial charge on any atom is 0.224 e. The number of amides is 1. The summed E-state index contributed by atoms with van der Waals surface area (Å²) in [7, 11) is 0. The molecular formula is C24H22N2O. The highest BCUT2D eigenvalue weighted by molar-refractivity contribution is 6.07. The van der Waals surface area contributed by atoms with Crippen molar-refractivity contribution in [2.75, 3.05) is 4.90 Å². The fourth-order valence-electron chi connectivity index (χ4n) is 3.66. The Hall–Kier alpha value is -3.20. The molecule has 0 radical (unpaired) electrons. The number of hydrogen-bond donors (Lipinski definition) is 0. The van der Waals surface area contributed by atoms with Crippen LogP contribution in [-0.4, -0.2) is 11.6 Å². The van der Waals surface area contributed by atoms with Gasteiger partial charge in [0.05, 0.1) is 23.1 Å². The first-order valence-corrected chi connectivity index (χ1v) is 9.22. The van der Waals surface area contributed by atoms with Crippen LogP contribution in [0.25, 0.3) is 0 Å². The van der Waals surface area contributed by atoms with Crippen LogP contribution in [0.1, 0.15) is 36.1 Å². The van der Waals surface area contributed by atoms with Crippen molar-refractivity contribution in [1.82, 2.24) is 0 Å². The van der Waals surface area contributed by atoms with Crippen molar-refractivity contribution < 1.29 is 4.79 Å². The Morgan fingerprint density at radius 1 is 0.926 bits per heavy atom. The molecule has 1 aliphatic heterocycles. The molecule has 1 heterocycles. The minimum absolute atomic E-state index is 0.0247. The SMILES string of the molecule is CC(=O)N1c2ccccc2N=C(c2ccc(C)cc2)C[C@H]1c1ccccc1. The molecule has 3 nitrogen and oxygen atoms in total. The van der Waals surface area contributed by atoms with E-state index in [0.717, 1.165) is 28.2 Å². The minimum Gasteiger partial charge on any atom is -0.303 e. The van der Waals surface area contributed by atoms with Crippen LogP contribution in [-0.2, 0) is 4.79 Å². The van der Waals surface area contributed by atoms with Gasteiger partial charge in [-0.3, -0.25) is 9.79 Å². The Morgan fingerprint density at radius 2 is 1.59 bits per heavy atom. The van der Waals surface area contributed by atoms with Gasteiger partial charge in [-0.05, 0) is 30.2 Å². The standard InChI is InChI=1S/C24H22N2O/c1-17-12-14-19(15-13-17)22-16-24(20-8-4-3-5-9-20)26(18(2)27)23-11-7-6-10-21(23)25-22/h3-15,24H,16H2,1-2H3/t24-/m0/s1. The molecule has 0 aliphatic carbocycles. The van der Waals surface area contributed by atoms with E-state index >= 15 is 0 Å². The Morgan fingerprint density at radius 3 is 2.30 bits per heavy atom. The van der Waals surface area contributed by atoms with Crippen LogP contribution in [0.4, 0.5) is 11.4 Å². The van der Waals surface area contributed by atoms with E-state index in [1.807, 2.05) is 47.4 Å². The molecule has 0 spiro atoms. The van der Waals surface area contributed by atoms with Crippen LogP contribution in [0.3, 0.4) is 0 Å². The summed E-state index contributed by atoms with van der Waals surface area (Å²) < 4.78 is 0. The summed E-state index contributed by atoms with van der Waals surface area (Å²) in [4.78, 5) is 19.5. The molecule has 0 saturated heterocycles. The fourth-order valence-corrected chi connectivity index (χ4v) is 3.66. The third kappa shape index (κ3) is 3.41. The lowest BCUT2D eigenvalue weighted by atomic mass is 9.95. The summed E-state index contributed by atoms with van der Waals surface area (Å²) in [6, 6.07) is 26.5. The molecular weight excluding hydrogens is 332 g/mol. The average Bonchev–Trinajstić information content (AvgIpc) is 2.86. The van der Waals surface area contributed by atoms with Crippen LogP contribution in [0.5, 0.6) is 0 Å². The number of aryl methyl sites for hydroxylation is 1. The van der Waals surface area contributed by atoms with Gasteiger partial charge in [-0.2, -0.15) is 0 Å². The highest BCUT2D eigenvalue weighted by atomic mass is 16.2. The second kappa shape index (κ2) is 7.20. The maximum absolute atomic E-state index is 12.7. The topological polar surface area (TPSA) is 32.7 Å². The van der Waals surface area contributed by atoms with E-state index in [1.165, 1.54) is 5.56 Å². The van der Waals surface area contributed by atoms with Gasteiger partial charge < -0.3 is 4.90 Å². The lowest BCUT2D eigenvalue weighted by molar-refractivity contribution is -0.117. The average molecular weight is 354 g/mol. The van der Waals surface area contributed by atoms with Crippen molar-refractivity contribution in [3.05, 3.63) is 95.6 Å². The number of rotatable bonds is 2. The number of fused-ring (bicyclic) bond motifs is 1. The van der Waals surface area contributed by atoms with Gasteiger partial charge in [-0.1, -0.05) is 72.3 Å². The van der Waals surface area contributed by atoms with E-state index in [2.05, 4.69) is 43.3 Å². The number of nitrogens with zero attached hydrogens (tertiary/aromatic N) is 2. The van der Waals surface area contributed by atoms with Crippen LogP contribution < -0.4 is 4.90 Å². The van der Waals surface area contributed by atoms with Crippen LogP contribution in [0.2, 0.25) is 0 Å². The summed E-state index contributed by atoms with van der Waals surface area (Å²) in [5.74, 6) is 0.0247. The quantitative estimate of drug-likeness (QED) is 0.588. The van der Waals surface area contributed by atoms with E-state index in [1.54, 1.807) is 6.92 Å².